The first kappa shape index (κ1) is 14.2. The summed E-state index contributed by atoms with van der Waals surface area (Å²) in [6.07, 6.45) is 1.92. The highest BCUT2D eigenvalue weighted by atomic mass is 19.1. The molecule has 0 saturated carbocycles. The molecule has 0 radical (unpaired) electrons. The summed E-state index contributed by atoms with van der Waals surface area (Å²) in [6, 6.07) is 5.60. The molecule has 0 aliphatic carbocycles. The molecule has 0 spiro atoms. The van der Waals surface area contributed by atoms with Crippen molar-refractivity contribution in [3.8, 4) is 0 Å². The molecule has 1 aliphatic heterocycles. The van der Waals surface area contributed by atoms with Crippen molar-refractivity contribution in [3.63, 3.8) is 0 Å². The Morgan fingerprint density at radius 2 is 2.23 bits per heavy atom. The Hall–Kier alpha value is -2.70. The summed E-state index contributed by atoms with van der Waals surface area (Å²) >= 11 is 0. The molecule has 3 rings (SSSR count). The van der Waals surface area contributed by atoms with Gasteiger partial charge in [-0.1, -0.05) is 25.1 Å². The van der Waals surface area contributed by atoms with Crippen molar-refractivity contribution < 1.29 is 13.9 Å². The van der Waals surface area contributed by atoms with Crippen LogP contribution in [0.15, 0.2) is 41.9 Å². The second-order valence-electron chi connectivity index (χ2n) is 4.81. The Balaban J connectivity index is 2.25. The number of anilines is 1. The van der Waals surface area contributed by atoms with Crippen LogP contribution in [0.2, 0.25) is 0 Å². The number of methoxy groups -OCH3 is 1. The minimum Gasteiger partial charge on any atom is -0.466 e. The highest BCUT2D eigenvalue weighted by Crippen LogP contribution is 2.36. The average Bonchev–Trinajstić information content (AvgIpc) is 3.01. The molecule has 0 fully saturated rings. The van der Waals surface area contributed by atoms with E-state index >= 15 is 0 Å². The van der Waals surface area contributed by atoms with Crippen LogP contribution in [0.25, 0.3) is 0 Å². The number of ether oxygens (including phenoxy) is 1. The van der Waals surface area contributed by atoms with Gasteiger partial charge in [-0.05, 0) is 12.5 Å². The van der Waals surface area contributed by atoms with Crippen LogP contribution in [0, 0.1) is 5.82 Å². The Bertz CT molecular complexity index is 754. The summed E-state index contributed by atoms with van der Waals surface area (Å²) < 4.78 is 20.7. The Morgan fingerprint density at radius 3 is 2.91 bits per heavy atom. The first-order chi connectivity index (χ1) is 10.7. The summed E-state index contributed by atoms with van der Waals surface area (Å²) in [6.45, 7) is 1.90. The number of benzene rings is 1. The third kappa shape index (κ3) is 2.14. The third-order valence-electron chi connectivity index (χ3n) is 3.64. The average molecular weight is 302 g/mol. The zero-order valence-electron chi connectivity index (χ0n) is 12.2. The predicted molar refractivity (Wildman–Crippen MR) is 77.5 cm³/mol. The maximum Gasteiger partial charge on any atom is 0.338 e. The van der Waals surface area contributed by atoms with Crippen LogP contribution in [0.5, 0.6) is 0 Å². The number of carbonyl (C=O) groups excluding carboxylic acids is 1. The molecule has 1 atom stereocenters. The van der Waals surface area contributed by atoms with E-state index in [2.05, 4.69) is 15.4 Å². The molecule has 7 heteroatoms. The fourth-order valence-corrected chi connectivity index (χ4v) is 2.63. The first-order valence-electron chi connectivity index (χ1n) is 6.89. The Kier molecular flexibility index (Phi) is 3.62. The van der Waals surface area contributed by atoms with Gasteiger partial charge in [-0.15, -0.1) is 0 Å². The lowest BCUT2D eigenvalue weighted by atomic mass is 9.94. The van der Waals surface area contributed by atoms with Gasteiger partial charge in [-0.2, -0.15) is 10.1 Å². The van der Waals surface area contributed by atoms with E-state index in [1.165, 1.54) is 24.2 Å². The zero-order valence-corrected chi connectivity index (χ0v) is 12.2. The molecule has 0 amide bonds. The van der Waals surface area contributed by atoms with E-state index in [1.807, 2.05) is 6.92 Å². The molecule has 1 aromatic carbocycles. The molecule has 0 bridgehead atoms. The summed E-state index contributed by atoms with van der Waals surface area (Å²) in [7, 11) is 1.30. The zero-order chi connectivity index (χ0) is 15.7. The fourth-order valence-electron chi connectivity index (χ4n) is 2.63. The lowest BCUT2D eigenvalue weighted by molar-refractivity contribution is -0.136. The quantitative estimate of drug-likeness (QED) is 0.881. The van der Waals surface area contributed by atoms with E-state index in [9.17, 15) is 9.18 Å². The molecule has 6 nitrogen and oxygen atoms in total. The van der Waals surface area contributed by atoms with Gasteiger partial charge in [-0.3, -0.25) is 0 Å². The number of hydrogen-bond donors (Lipinski definition) is 1. The smallest absolute Gasteiger partial charge is 0.338 e. The number of hydrogen-bond acceptors (Lipinski definition) is 5. The van der Waals surface area contributed by atoms with Crippen molar-refractivity contribution in [1.82, 2.24) is 14.8 Å². The molecule has 2 aromatic rings. The monoisotopic (exact) mass is 302 g/mol. The molecule has 1 N–H and O–H groups in total. The van der Waals surface area contributed by atoms with Gasteiger partial charge in [-0.25, -0.2) is 13.9 Å². The lowest BCUT2D eigenvalue weighted by Gasteiger charge is -2.29. The van der Waals surface area contributed by atoms with Crippen molar-refractivity contribution in [2.75, 3.05) is 12.4 Å². The normalized spacial score (nSPS) is 17.0. The maximum atomic E-state index is 14.3. The fraction of sp³-hybridized carbons (Fsp3) is 0.267. The van der Waals surface area contributed by atoms with Gasteiger partial charge in [0.1, 0.15) is 18.2 Å². The van der Waals surface area contributed by atoms with Gasteiger partial charge in [0.05, 0.1) is 12.7 Å². The van der Waals surface area contributed by atoms with Crippen LogP contribution in [-0.2, 0) is 9.53 Å². The number of halogens is 1. The second-order valence-corrected chi connectivity index (χ2v) is 4.81. The Morgan fingerprint density at radius 1 is 1.45 bits per heavy atom. The molecule has 0 saturated heterocycles. The summed E-state index contributed by atoms with van der Waals surface area (Å²) in [5.41, 5.74) is 1.34. The van der Waals surface area contributed by atoms with Crippen LogP contribution < -0.4 is 5.32 Å². The SMILES string of the molecule is CCC1=C(C(=O)OC)[C@H](c2ccccc2F)n2ncnc2N1. The van der Waals surface area contributed by atoms with Gasteiger partial charge < -0.3 is 10.1 Å². The molecular weight excluding hydrogens is 287 g/mol. The standard InChI is InChI=1S/C15H15FN4O2/c1-3-11-12(14(21)22-2)13(9-6-4-5-7-10(9)16)20-15(19-11)17-8-18-20/h4-8,13H,3H2,1-2H3,(H,17,18,19)/t13-/m0/s1. The minimum absolute atomic E-state index is 0.341. The summed E-state index contributed by atoms with van der Waals surface area (Å²) in [5.74, 6) is -0.454. The van der Waals surface area contributed by atoms with Gasteiger partial charge >= 0.3 is 5.97 Å². The molecule has 0 unspecified atom stereocenters. The van der Waals surface area contributed by atoms with Crippen molar-refractivity contribution >= 4 is 11.9 Å². The summed E-state index contributed by atoms with van der Waals surface area (Å²) in [5, 5.41) is 7.18. The van der Waals surface area contributed by atoms with Crippen molar-refractivity contribution in [3.05, 3.63) is 53.2 Å². The highest BCUT2D eigenvalue weighted by molar-refractivity contribution is 5.92. The minimum atomic E-state index is -0.706. The molecule has 1 aromatic heterocycles. The van der Waals surface area contributed by atoms with Crippen LogP contribution in [0.1, 0.15) is 24.9 Å². The van der Waals surface area contributed by atoms with Crippen LogP contribution >= 0.6 is 0 Å². The molecule has 114 valence electrons. The number of fused-ring (bicyclic) bond motifs is 1. The predicted octanol–water partition coefficient (Wildman–Crippen LogP) is 2.27. The number of nitrogens with zero attached hydrogens (tertiary/aromatic N) is 3. The largest absolute Gasteiger partial charge is 0.466 e. The van der Waals surface area contributed by atoms with Crippen LogP contribution in [0.4, 0.5) is 10.3 Å². The van der Waals surface area contributed by atoms with Gasteiger partial charge in [0.2, 0.25) is 5.95 Å². The van der Waals surface area contributed by atoms with Crippen molar-refractivity contribution in [1.29, 1.82) is 0 Å². The third-order valence-corrected chi connectivity index (χ3v) is 3.64. The molecule has 1 aliphatic rings. The van der Waals surface area contributed by atoms with Crippen molar-refractivity contribution in [2.24, 2.45) is 0 Å². The number of carbonyl (C=O) groups is 1. The maximum absolute atomic E-state index is 14.3. The van der Waals surface area contributed by atoms with E-state index in [0.717, 1.165) is 0 Å². The lowest BCUT2D eigenvalue weighted by Crippen LogP contribution is -2.30. The number of rotatable bonds is 3. The number of esters is 1. The van der Waals surface area contributed by atoms with Gasteiger partial charge in [0.15, 0.2) is 0 Å². The second kappa shape index (κ2) is 5.59. The van der Waals surface area contributed by atoms with Crippen LogP contribution in [-0.4, -0.2) is 27.8 Å². The number of aromatic nitrogens is 3. The number of allylic oxidation sites excluding steroid dienone is 1. The van der Waals surface area contributed by atoms with Gasteiger partial charge in [0.25, 0.3) is 0 Å². The molecule has 2 heterocycles. The van der Waals surface area contributed by atoms with E-state index in [1.54, 1.807) is 18.2 Å². The Labute approximate surface area is 126 Å². The van der Waals surface area contributed by atoms with E-state index in [-0.39, 0.29) is 0 Å². The molecule has 22 heavy (non-hydrogen) atoms. The topological polar surface area (TPSA) is 69.0 Å². The summed E-state index contributed by atoms with van der Waals surface area (Å²) in [4.78, 5) is 16.4. The van der Waals surface area contributed by atoms with E-state index < -0.39 is 17.8 Å². The number of nitrogens with one attached hydrogen (secondary N) is 1. The van der Waals surface area contributed by atoms with Crippen LogP contribution in [0.3, 0.4) is 0 Å². The molecular formula is C15H15FN4O2. The van der Waals surface area contributed by atoms with Crippen molar-refractivity contribution in [2.45, 2.75) is 19.4 Å². The first-order valence-corrected chi connectivity index (χ1v) is 6.89. The van der Waals surface area contributed by atoms with Gasteiger partial charge in [0, 0.05) is 11.3 Å². The highest BCUT2D eigenvalue weighted by Gasteiger charge is 2.36. The van der Waals surface area contributed by atoms with E-state index in [4.69, 9.17) is 4.74 Å². The van der Waals surface area contributed by atoms with E-state index in [0.29, 0.717) is 29.2 Å².